The Kier molecular flexibility index (Phi) is 6.01. The van der Waals surface area contributed by atoms with Gasteiger partial charge in [-0.3, -0.25) is 0 Å². The third-order valence-electron chi connectivity index (χ3n) is 4.04. The Morgan fingerprint density at radius 1 is 1.10 bits per heavy atom. The first-order valence-corrected chi connectivity index (χ1v) is 9.84. The normalized spacial score (nSPS) is 11.2. The van der Waals surface area contributed by atoms with E-state index in [0.717, 1.165) is 19.4 Å². The fraction of sp³-hybridized carbons (Fsp3) is 0.158. The highest BCUT2D eigenvalue weighted by atomic mass is 32.2. The SMILES string of the molecule is COC(=O)c1ccc(OCc2ccc(F)cc2F)n1S(=O)(=O)c1ccc(OC)nc1. The van der Waals surface area contributed by atoms with E-state index in [9.17, 15) is 22.0 Å². The van der Waals surface area contributed by atoms with Gasteiger partial charge in [-0.15, -0.1) is 0 Å². The second-order valence-electron chi connectivity index (χ2n) is 5.88. The fourth-order valence-corrected chi connectivity index (χ4v) is 3.93. The molecule has 2 heterocycles. The molecule has 3 rings (SSSR count). The lowest BCUT2D eigenvalue weighted by Crippen LogP contribution is -2.20. The Morgan fingerprint density at radius 3 is 2.47 bits per heavy atom. The van der Waals surface area contributed by atoms with E-state index < -0.39 is 34.2 Å². The summed E-state index contributed by atoms with van der Waals surface area (Å²) in [4.78, 5) is 15.7. The minimum absolute atomic E-state index is 0.00715. The highest BCUT2D eigenvalue weighted by Gasteiger charge is 2.28. The van der Waals surface area contributed by atoms with Gasteiger partial charge >= 0.3 is 5.97 Å². The second-order valence-corrected chi connectivity index (χ2v) is 7.67. The van der Waals surface area contributed by atoms with Crippen LogP contribution in [0.25, 0.3) is 0 Å². The average molecular weight is 438 g/mol. The molecule has 0 saturated carbocycles. The summed E-state index contributed by atoms with van der Waals surface area (Å²) in [5, 5.41) is 0. The number of ether oxygens (including phenoxy) is 3. The zero-order chi connectivity index (χ0) is 21.9. The van der Waals surface area contributed by atoms with Gasteiger partial charge in [0.1, 0.15) is 28.8 Å². The molecule has 0 atom stereocenters. The third kappa shape index (κ3) is 4.10. The molecule has 3 aromatic rings. The lowest BCUT2D eigenvalue weighted by atomic mass is 10.2. The van der Waals surface area contributed by atoms with Gasteiger partial charge in [-0.2, -0.15) is 3.97 Å². The summed E-state index contributed by atoms with van der Waals surface area (Å²) >= 11 is 0. The first-order valence-electron chi connectivity index (χ1n) is 8.40. The molecule has 30 heavy (non-hydrogen) atoms. The van der Waals surface area contributed by atoms with Crippen molar-refractivity contribution in [1.29, 1.82) is 0 Å². The molecule has 2 aromatic heterocycles. The first kappa shape index (κ1) is 21.2. The molecule has 0 radical (unpaired) electrons. The summed E-state index contributed by atoms with van der Waals surface area (Å²) in [7, 11) is -1.87. The minimum atomic E-state index is -4.34. The summed E-state index contributed by atoms with van der Waals surface area (Å²) in [5.74, 6) is -2.62. The molecule has 158 valence electrons. The molecule has 0 aliphatic rings. The van der Waals surface area contributed by atoms with Crippen molar-refractivity contribution in [3.8, 4) is 11.8 Å². The Hall–Kier alpha value is -3.47. The van der Waals surface area contributed by atoms with E-state index in [0.29, 0.717) is 10.0 Å². The van der Waals surface area contributed by atoms with Crippen LogP contribution in [0.4, 0.5) is 8.78 Å². The molecule has 8 nitrogen and oxygen atoms in total. The predicted molar refractivity (Wildman–Crippen MR) is 99.8 cm³/mol. The van der Waals surface area contributed by atoms with E-state index in [4.69, 9.17) is 9.47 Å². The van der Waals surface area contributed by atoms with Crippen LogP contribution in [0, 0.1) is 11.6 Å². The standard InChI is InChI=1S/C19H16F2N2O6S/c1-27-17-7-5-14(10-22-17)30(25,26)23-16(19(24)28-2)6-8-18(23)29-11-12-3-4-13(20)9-15(12)21/h3-10H,11H2,1-2H3. The van der Waals surface area contributed by atoms with E-state index >= 15 is 0 Å². The van der Waals surface area contributed by atoms with Gasteiger partial charge in [-0.1, -0.05) is 0 Å². The largest absolute Gasteiger partial charge is 0.481 e. The van der Waals surface area contributed by atoms with Gasteiger partial charge in [0.05, 0.1) is 20.4 Å². The molecule has 0 saturated heterocycles. The topological polar surface area (TPSA) is 96.7 Å². The number of benzene rings is 1. The lowest BCUT2D eigenvalue weighted by Gasteiger charge is -2.14. The van der Waals surface area contributed by atoms with Crippen molar-refractivity contribution in [2.45, 2.75) is 11.5 Å². The number of hydrogen-bond acceptors (Lipinski definition) is 7. The van der Waals surface area contributed by atoms with Crippen molar-refractivity contribution < 1.29 is 36.2 Å². The lowest BCUT2D eigenvalue weighted by molar-refractivity contribution is 0.0591. The Balaban J connectivity index is 2.02. The van der Waals surface area contributed by atoms with Gasteiger partial charge in [-0.05, 0) is 24.3 Å². The van der Waals surface area contributed by atoms with Gasteiger partial charge in [0.25, 0.3) is 10.0 Å². The number of rotatable bonds is 7. The molecule has 1 aromatic carbocycles. The molecule has 0 spiro atoms. The summed E-state index contributed by atoms with van der Waals surface area (Å²) in [6, 6.07) is 7.88. The quantitative estimate of drug-likeness (QED) is 0.523. The van der Waals surface area contributed by atoms with Crippen molar-refractivity contribution in [1.82, 2.24) is 8.96 Å². The maximum Gasteiger partial charge on any atom is 0.355 e. The average Bonchev–Trinajstić information content (AvgIpc) is 3.17. The molecule has 11 heteroatoms. The van der Waals surface area contributed by atoms with Crippen LogP contribution < -0.4 is 9.47 Å². The number of methoxy groups -OCH3 is 2. The predicted octanol–water partition coefficient (Wildman–Crippen LogP) is 2.77. The molecule has 0 unspecified atom stereocenters. The van der Waals surface area contributed by atoms with E-state index in [1.165, 1.54) is 37.4 Å². The van der Waals surface area contributed by atoms with Crippen LogP contribution in [0.5, 0.6) is 11.8 Å². The van der Waals surface area contributed by atoms with Crippen LogP contribution >= 0.6 is 0 Å². The summed E-state index contributed by atoms with van der Waals surface area (Å²) in [5.41, 5.74) is -0.338. The number of carbonyl (C=O) groups excluding carboxylic acids is 1. The van der Waals surface area contributed by atoms with Gasteiger partial charge in [0.2, 0.25) is 11.8 Å². The number of halogens is 2. The Morgan fingerprint density at radius 2 is 1.87 bits per heavy atom. The molecule has 0 fully saturated rings. The molecule has 0 aliphatic heterocycles. The van der Waals surface area contributed by atoms with Crippen LogP contribution in [0.2, 0.25) is 0 Å². The number of nitrogens with zero attached hydrogens (tertiary/aromatic N) is 2. The second kappa shape index (κ2) is 8.49. The van der Waals surface area contributed by atoms with Crippen LogP contribution in [-0.4, -0.2) is 37.6 Å². The van der Waals surface area contributed by atoms with E-state index in [1.807, 2.05) is 0 Å². The molecule has 0 N–H and O–H groups in total. The van der Waals surface area contributed by atoms with Crippen molar-refractivity contribution in [2.24, 2.45) is 0 Å². The monoisotopic (exact) mass is 438 g/mol. The molecule has 0 amide bonds. The highest BCUT2D eigenvalue weighted by Crippen LogP contribution is 2.27. The molecule has 0 aliphatic carbocycles. The number of aromatic nitrogens is 2. The molecular formula is C19H16F2N2O6S. The van der Waals surface area contributed by atoms with Crippen LogP contribution in [-0.2, 0) is 21.4 Å². The smallest absolute Gasteiger partial charge is 0.355 e. The maximum absolute atomic E-state index is 13.9. The number of pyridine rings is 1. The number of carbonyl (C=O) groups is 1. The van der Waals surface area contributed by atoms with Crippen molar-refractivity contribution >= 4 is 16.0 Å². The minimum Gasteiger partial charge on any atom is -0.481 e. The summed E-state index contributed by atoms with van der Waals surface area (Å²) in [6.07, 6.45) is 1.05. The third-order valence-corrected chi connectivity index (χ3v) is 5.74. The van der Waals surface area contributed by atoms with Crippen molar-refractivity contribution in [2.75, 3.05) is 14.2 Å². The summed E-state index contributed by atoms with van der Waals surface area (Å²) in [6.45, 7) is -0.410. The van der Waals surface area contributed by atoms with Gasteiger partial charge in [0, 0.05) is 23.8 Å². The van der Waals surface area contributed by atoms with Crippen LogP contribution in [0.15, 0.2) is 53.6 Å². The zero-order valence-electron chi connectivity index (χ0n) is 15.8. The first-order chi connectivity index (χ1) is 14.3. The fourth-order valence-electron chi connectivity index (χ4n) is 2.55. The Labute approximate surface area is 170 Å². The maximum atomic E-state index is 13.9. The van der Waals surface area contributed by atoms with Gasteiger partial charge in [-0.25, -0.2) is 27.0 Å². The Bertz CT molecular complexity index is 1180. The highest BCUT2D eigenvalue weighted by molar-refractivity contribution is 7.90. The van der Waals surface area contributed by atoms with E-state index in [-0.39, 0.29) is 27.9 Å². The van der Waals surface area contributed by atoms with Crippen LogP contribution in [0.1, 0.15) is 16.1 Å². The summed E-state index contributed by atoms with van der Waals surface area (Å²) < 4.78 is 68.9. The van der Waals surface area contributed by atoms with Crippen LogP contribution in [0.3, 0.4) is 0 Å². The van der Waals surface area contributed by atoms with E-state index in [2.05, 4.69) is 9.72 Å². The van der Waals surface area contributed by atoms with Crippen molar-refractivity contribution in [3.05, 3.63) is 71.6 Å². The number of hydrogen-bond donors (Lipinski definition) is 0. The van der Waals surface area contributed by atoms with Gasteiger partial charge in [0.15, 0.2) is 0 Å². The molecular weight excluding hydrogens is 422 g/mol. The van der Waals surface area contributed by atoms with E-state index in [1.54, 1.807) is 0 Å². The number of esters is 1. The van der Waals surface area contributed by atoms with Gasteiger partial charge < -0.3 is 14.2 Å². The zero-order valence-corrected chi connectivity index (χ0v) is 16.7. The van der Waals surface area contributed by atoms with Crippen molar-refractivity contribution in [3.63, 3.8) is 0 Å². The molecule has 0 bridgehead atoms.